The number of rotatable bonds is 4. The van der Waals surface area contributed by atoms with E-state index in [2.05, 4.69) is 68.4 Å². The van der Waals surface area contributed by atoms with Gasteiger partial charge in [-0.1, -0.05) is 15.9 Å². The third-order valence-corrected chi connectivity index (χ3v) is 5.97. The monoisotopic (exact) mass is 638 g/mol. The molecule has 0 radical (unpaired) electrons. The minimum absolute atomic E-state index is 0.132. The van der Waals surface area contributed by atoms with E-state index in [0.29, 0.717) is 38.5 Å². The van der Waals surface area contributed by atoms with Gasteiger partial charge >= 0.3 is 0 Å². The maximum absolute atomic E-state index is 12.7. The molecule has 4 aromatic rings. The number of methoxy groups -OCH3 is 1. The first-order valence-corrected chi connectivity index (χ1v) is 11.8. The Morgan fingerprint density at radius 1 is 1.09 bits per heavy atom. The molecule has 0 saturated carbocycles. The number of anilines is 1. The van der Waals surface area contributed by atoms with Crippen molar-refractivity contribution in [3.05, 3.63) is 67.8 Å². The number of amides is 1. The van der Waals surface area contributed by atoms with Crippen molar-refractivity contribution in [1.82, 2.24) is 15.3 Å². The maximum Gasteiger partial charge on any atom is 0.261 e. The van der Waals surface area contributed by atoms with Crippen molar-refractivity contribution in [2.45, 2.75) is 0 Å². The molecule has 2 N–H and O–H groups in total. The lowest BCUT2D eigenvalue weighted by atomic mass is 10.2. The Kier molecular flexibility index (Phi) is 6.89. The second-order valence-electron chi connectivity index (χ2n) is 6.47. The lowest BCUT2D eigenvalue weighted by Crippen LogP contribution is -2.34. The fourth-order valence-electron chi connectivity index (χ4n) is 2.93. The molecule has 2 aromatic carbocycles. The number of aromatic nitrogens is 2. The summed E-state index contributed by atoms with van der Waals surface area (Å²) in [6, 6.07) is 10.7. The molecule has 4 rings (SSSR count). The molecule has 7 nitrogen and oxygen atoms in total. The van der Waals surface area contributed by atoms with E-state index >= 15 is 0 Å². The quantitative estimate of drug-likeness (QED) is 0.253. The predicted molar refractivity (Wildman–Crippen MR) is 137 cm³/mol. The Hall–Kier alpha value is -2.34. The summed E-state index contributed by atoms with van der Waals surface area (Å²) >= 11 is 15.5. The Bertz CT molecular complexity index is 1360. The molecule has 162 valence electrons. The van der Waals surface area contributed by atoms with Crippen LogP contribution in [-0.2, 0) is 0 Å². The SMILES string of the molecule is COc1c(Br)cc(Br)cc1C(=O)NC(=S)Nc1ccc2oc(-c3cncc(Br)c3)nc2c1. The molecule has 11 heteroatoms. The van der Waals surface area contributed by atoms with Crippen LogP contribution in [0.1, 0.15) is 10.4 Å². The van der Waals surface area contributed by atoms with Crippen molar-refractivity contribution < 1.29 is 13.9 Å². The van der Waals surface area contributed by atoms with Gasteiger partial charge in [0, 0.05) is 27.0 Å². The largest absolute Gasteiger partial charge is 0.495 e. The molecule has 0 saturated heterocycles. The first kappa shape index (κ1) is 22.8. The number of benzene rings is 2. The summed E-state index contributed by atoms with van der Waals surface area (Å²) in [4.78, 5) is 21.4. The van der Waals surface area contributed by atoms with Gasteiger partial charge in [0.2, 0.25) is 5.89 Å². The number of pyridine rings is 1. The average Bonchev–Trinajstić information content (AvgIpc) is 3.16. The number of nitrogens with zero attached hydrogens (tertiary/aromatic N) is 2. The first-order valence-electron chi connectivity index (χ1n) is 9.01. The van der Waals surface area contributed by atoms with Crippen LogP contribution in [0.2, 0.25) is 0 Å². The zero-order valence-electron chi connectivity index (χ0n) is 16.3. The highest BCUT2D eigenvalue weighted by molar-refractivity contribution is 9.11. The van der Waals surface area contributed by atoms with E-state index in [1.54, 1.807) is 42.7 Å². The molecular formula is C21H13Br3N4O3S. The van der Waals surface area contributed by atoms with Crippen LogP contribution in [0, 0.1) is 0 Å². The van der Waals surface area contributed by atoms with Crippen molar-refractivity contribution in [2.75, 3.05) is 12.4 Å². The third kappa shape index (κ3) is 5.01. The van der Waals surface area contributed by atoms with E-state index in [9.17, 15) is 4.79 Å². The van der Waals surface area contributed by atoms with Crippen LogP contribution < -0.4 is 15.4 Å². The van der Waals surface area contributed by atoms with Gasteiger partial charge < -0.3 is 14.5 Å². The highest BCUT2D eigenvalue weighted by Gasteiger charge is 2.18. The Morgan fingerprint density at radius 2 is 1.91 bits per heavy atom. The number of hydrogen-bond acceptors (Lipinski definition) is 6. The lowest BCUT2D eigenvalue weighted by Gasteiger charge is -2.13. The maximum atomic E-state index is 12.7. The second-order valence-corrected chi connectivity index (χ2v) is 9.56. The minimum atomic E-state index is -0.409. The number of nitrogens with one attached hydrogen (secondary N) is 2. The minimum Gasteiger partial charge on any atom is -0.495 e. The smallest absolute Gasteiger partial charge is 0.261 e. The molecule has 2 heterocycles. The van der Waals surface area contributed by atoms with E-state index in [0.717, 1.165) is 14.5 Å². The normalized spacial score (nSPS) is 10.8. The first-order chi connectivity index (χ1) is 15.3. The van der Waals surface area contributed by atoms with E-state index in [4.69, 9.17) is 21.4 Å². The van der Waals surface area contributed by atoms with Crippen LogP contribution in [-0.4, -0.2) is 28.1 Å². The number of thiocarbonyl (C=S) groups is 1. The van der Waals surface area contributed by atoms with E-state index < -0.39 is 5.91 Å². The number of oxazole rings is 1. The van der Waals surface area contributed by atoms with E-state index in [-0.39, 0.29) is 5.11 Å². The lowest BCUT2D eigenvalue weighted by molar-refractivity contribution is 0.0974. The van der Waals surface area contributed by atoms with Gasteiger partial charge in [0.15, 0.2) is 10.7 Å². The molecule has 0 bridgehead atoms. The number of carbonyl (C=O) groups excluding carboxylic acids is 1. The summed E-state index contributed by atoms with van der Waals surface area (Å²) in [7, 11) is 1.49. The summed E-state index contributed by atoms with van der Waals surface area (Å²) in [6.07, 6.45) is 3.36. The number of halogens is 3. The Morgan fingerprint density at radius 3 is 2.66 bits per heavy atom. The molecule has 32 heavy (non-hydrogen) atoms. The fourth-order valence-corrected chi connectivity index (χ4v) is 4.89. The summed E-state index contributed by atoms with van der Waals surface area (Å²) in [5.41, 5.74) is 2.98. The fraction of sp³-hybridized carbons (Fsp3) is 0.0476. The predicted octanol–water partition coefficient (Wildman–Crippen LogP) is 6.31. The Labute approximate surface area is 213 Å². The summed E-state index contributed by atoms with van der Waals surface area (Å²) in [5, 5.41) is 5.79. The number of hydrogen-bond donors (Lipinski definition) is 2. The van der Waals surface area contributed by atoms with Crippen LogP contribution in [0.15, 0.2) is 66.6 Å². The van der Waals surface area contributed by atoms with E-state index in [1.807, 2.05) is 6.07 Å². The molecule has 0 unspecified atom stereocenters. The topological polar surface area (TPSA) is 89.3 Å². The van der Waals surface area contributed by atoms with Crippen molar-refractivity contribution in [3.63, 3.8) is 0 Å². The average molecular weight is 641 g/mol. The zero-order chi connectivity index (χ0) is 22.8. The molecule has 1 amide bonds. The van der Waals surface area contributed by atoms with Gasteiger partial charge in [-0.25, -0.2) is 4.98 Å². The van der Waals surface area contributed by atoms with Crippen molar-refractivity contribution in [1.29, 1.82) is 0 Å². The highest BCUT2D eigenvalue weighted by Crippen LogP contribution is 2.32. The van der Waals surface area contributed by atoms with Gasteiger partial charge in [-0.15, -0.1) is 0 Å². The molecule has 0 spiro atoms. The van der Waals surface area contributed by atoms with Crippen LogP contribution in [0.5, 0.6) is 5.75 Å². The molecular weight excluding hydrogens is 628 g/mol. The molecule has 0 fully saturated rings. The van der Waals surface area contributed by atoms with Gasteiger partial charge in [0.25, 0.3) is 5.91 Å². The van der Waals surface area contributed by atoms with Gasteiger partial charge in [0.05, 0.1) is 22.7 Å². The third-order valence-electron chi connectivity index (χ3n) is 4.28. The molecule has 0 aliphatic carbocycles. The van der Waals surface area contributed by atoms with Gasteiger partial charge in [-0.05, 0) is 80.5 Å². The van der Waals surface area contributed by atoms with Crippen LogP contribution in [0.25, 0.3) is 22.6 Å². The van der Waals surface area contributed by atoms with Gasteiger partial charge in [-0.3, -0.25) is 15.1 Å². The van der Waals surface area contributed by atoms with Gasteiger partial charge in [-0.2, -0.15) is 0 Å². The number of fused-ring (bicyclic) bond motifs is 1. The molecule has 0 atom stereocenters. The van der Waals surface area contributed by atoms with Crippen molar-refractivity contribution in [2.24, 2.45) is 0 Å². The summed E-state index contributed by atoms with van der Waals surface area (Å²) in [5.74, 6) is 0.453. The van der Waals surface area contributed by atoms with Crippen molar-refractivity contribution in [3.8, 4) is 17.2 Å². The Balaban J connectivity index is 1.51. The van der Waals surface area contributed by atoms with E-state index in [1.165, 1.54) is 7.11 Å². The standard InChI is InChI=1S/C21H13Br3N4O3S/c1-30-18-14(5-11(22)6-15(18)24)19(29)28-21(32)26-13-2-3-17-16(7-13)27-20(31-17)10-4-12(23)9-25-8-10/h2-9H,1H3,(H2,26,28,29,32). The summed E-state index contributed by atoms with van der Waals surface area (Å²) in [6.45, 7) is 0. The molecule has 2 aromatic heterocycles. The summed E-state index contributed by atoms with van der Waals surface area (Å²) < 4.78 is 13.3. The second kappa shape index (κ2) is 9.65. The van der Waals surface area contributed by atoms with Gasteiger partial charge in [0.1, 0.15) is 11.3 Å². The zero-order valence-corrected chi connectivity index (χ0v) is 21.9. The van der Waals surface area contributed by atoms with Crippen LogP contribution in [0.4, 0.5) is 5.69 Å². The number of carbonyl (C=O) groups is 1. The number of ether oxygens (including phenoxy) is 1. The van der Waals surface area contributed by atoms with Crippen LogP contribution >= 0.6 is 60.0 Å². The molecule has 0 aliphatic rings. The van der Waals surface area contributed by atoms with Crippen molar-refractivity contribution >= 4 is 87.8 Å². The molecule has 0 aliphatic heterocycles. The highest BCUT2D eigenvalue weighted by atomic mass is 79.9. The van der Waals surface area contributed by atoms with Crippen LogP contribution in [0.3, 0.4) is 0 Å².